The Hall–Kier alpha value is -1.19. The SMILES string of the molecule is CCCC(C)(O)/C(=C\S(=O)c1ccccc1)[Se]c1ccccc1. The van der Waals surface area contributed by atoms with Crippen molar-refractivity contribution in [2.75, 3.05) is 0 Å². The Bertz CT molecular complexity index is 666. The fraction of sp³-hybridized carbons (Fsp3) is 0.263. The molecule has 0 amide bonds. The molecule has 2 rings (SSSR count). The minimum atomic E-state index is -1.24. The summed E-state index contributed by atoms with van der Waals surface area (Å²) in [6.07, 6.45) is 1.55. The van der Waals surface area contributed by atoms with E-state index >= 15 is 0 Å². The molecule has 0 aromatic heterocycles. The molecule has 2 unspecified atom stereocenters. The van der Waals surface area contributed by atoms with Crippen molar-refractivity contribution in [3.8, 4) is 0 Å². The summed E-state index contributed by atoms with van der Waals surface area (Å²) in [6, 6.07) is 19.5. The molecule has 4 heteroatoms. The summed E-state index contributed by atoms with van der Waals surface area (Å²) in [5.41, 5.74) is -0.922. The summed E-state index contributed by atoms with van der Waals surface area (Å²) in [7, 11) is -1.24. The number of rotatable bonds is 7. The first-order valence-electron chi connectivity index (χ1n) is 7.66. The van der Waals surface area contributed by atoms with Crippen molar-refractivity contribution < 1.29 is 9.32 Å². The second kappa shape index (κ2) is 8.60. The molecule has 1 N–H and O–H groups in total. The molecular formula is C19H22O2SSe. The third-order valence-corrected chi connectivity index (χ3v) is 7.65. The predicted molar refractivity (Wildman–Crippen MR) is 98.3 cm³/mol. The number of aliphatic hydroxyl groups is 1. The van der Waals surface area contributed by atoms with Gasteiger partial charge in [-0.25, -0.2) is 0 Å². The normalized spacial score (nSPS) is 15.9. The van der Waals surface area contributed by atoms with Crippen molar-refractivity contribution in [1.82, 2.24) is 0 Å². The second-order valence-corrected chi connectivity index (χ2v) is 9.17. The molecule has 0 aliphatic carbocycles. The van der Waals surface area contributed by atoms with Crippen molar-refractivity contribution in [2.45, 2.75) is 37.2 Å². The first-order valence-corrected chi connectivity index (χ1v) is 10.6. The van der Waals surface area contributed by atoms with E-state index in [9.17, 15) is 9.32 Å². The Morgan fingerprint density at radius 1 is 1.13 bits per heavy atom. The molecule has 2 atom stereocenters. The van der Waals surface area contributed by atoms with Gasteiger partial charge in [0.25, 0.3) is 0 Å². The van der Waals surface area contributed by atoms with Crippen LogP contribution in [0.25, 0.3) is 0 Å². The Labute approximate surface area is 147 Å². The van der Waals surface area contributed by atoms with E-state index in [-0.39, 0.29) is 15.0 Å². The van der Waals surface area contributed by atoms with Crippen LogP contribution in [-0.4, -0.2) is 29.9 Å². The van der Waals surface area contributed by atoms with Crippen LogP contribution in [0, 0.1) is 0 Å². The van der Waals surface area contributed by atoms with Crippen molar-refractivity contribution in [2.24, 2.45) is 0 Å². The van der Waals surface area contributed by atoms with Gasteiger partial charge >= 0.3 is 147 Å². The Balaban J connectivity index is 2.33. The van der Waals surface area contributed by atoms with Crippen LogP contribution < -0.4 is 4.46 Å². The molecular weight excluding hydrogens is 371 g/mol. The van der Waals surface area contributed by atoms with Crippen LogP contribution in [0.2, 0.25) is 0 Å². The van der Waals surface area contributed by atoms with Gasteiger partial charge in [0.05, 0.1) is 0 Å². The van der Waals surface area contributed by atoms with Crippen molar-refractivity contribution in [3.05, 3.63) is 70.5 Å². The van der Waals surface area contributed by atoms with Crippen molar-refractivity contribution >= 4 is 30.2 Å². The van der Waals surface area contributed by atoms with E-state index in [1.165, 1.54) is 4.46 Å². The van der Waals surface area contributed by atoms with Crippen molar-refractivity contribution in [3.63, 3.8) is 0 Å². The van der Waals surface area contributed by atoms with Gasteiger partial charge in [-0.15, -0.1) is 0 Å². The van der Waals surface area contributed by atoms with Crippen LogP contribution in [0.5, 0.6) is 0 Å². The minimum absolute atomic E-state index is 0.0512. The standard InChI is InChI=1S/C19H22O2SSe/c1-3-14-19(2,20)18(23-17-12-8-5-9-13-17)15-22(21)16-10-6-4-7-11-16/h4-13,15,20H,3,14H2,1-2H3/b18-15+. The van der Waals surface area contributed by atoms with Crippen LogP contribution >= 0.6 is 0 Å². The number of hydrogen-bond acceptors (Lipinski definition) is 2. The van der Waals surface area contributed by atoms with Gasteiger partial charge in [-0.3, -0.25) is 0 Å². The Morgan fingerprint density at radius 3 is 2.26 bits per heavy atom. The zero-order valence-electron chi connectivity index (χ0n) is 13.4. The molecule has 23 heavy (non-hydrogen) atoms. The van der Waals surface area contributed by atoms with Crippen LogP contribution in [0.1, 0.15) is 26.7 Å². The molecule has 0 fully saturated rings. The molecule has 0 spiro atoms. The molecule has 0 aliphatic rings. The van der Waals surface area contributed by atoms with Gasteiger partial charge in [0, 0.05) is 0 Å². The first-order chi connectivity index (χ1) is 11.0. The van der Waals surface area contributed by atoms with Crippen LogP contribution in [-0.2, 0) is 10.8 Å². The van der Waals surface area contributed by atoms with E-state index < -0.39 is 16.4 Å². The quantitative estimate of drug-likeness (QED) is 0.734. The van der Waals surface area contributed by atoms with Crippen LogP contribution in [0.3, 0.4) is 0 Å². The molecule has 122 valence electrons. The zero-order chi connectivity index (χ0) is 16.7. The van der Waals surface area contributed by atoms with Gasteiger partial charge in [0.1, 0.15) is 0 Å². The number of hydrogen-bond donors (Lipinski definition) is 1. The van der Waals surface area contributed by atoms with Gasteiger partial charge in [0.15, 0.2) is 0 Å². The van der Waals surface area contributed by atoms with Gasteiger partial charge in [0.2, 0.25) is 0 Å². The van der Waals surface area contributed by atoms with Gasteiger partial charge in [-0.1, -0.05) is 0 Å². The molecule has 0 saturated carbocycles. The van der Waals surface area contributed by atoms with E-state index in [1.807, 2.05) is 55.5 Å². The second-order valence-electron chi connectivity index (χ2n) is 5.53. The first kappa shape index (κ1) is 18.2. The molecule has 0 heterocycles. The molecule has 2 aromatic carbocycles. The van der Waals surface area contributed by atoms with E-state index in [0.29, 0.717) is 6.42 Å². The summed E-state index contributed by atoms with van der Waals surface area (Å²) < 4.78 is 14.7. The maximum atomic E-state index is 12.6. The average Bonchev–Trinajstić information content (AvgIpc) is 2.56. The van der Waals surface area contributed by atoms with Crippen molar-refractivity contribution in [1.29, 1.82) is 0 Å². The maximum absolute atomic E-state index is 12.6. The molecule has 2 nitrogen and oxygen atoms in total. The molecule has 0 aliphatic heterocycles. The molecule has 0 saturated heterocycles. The third-order valence-electron chi connectivity index (χ3n) is 3.43. The summed E-state index contributed by atoms with van der Waals surface area (Å²) in [6.45, 7) is 3.88. The summed E-state index contributed by atoms with van der Waals surface area (Å²) in [5.74, 6) is 0. The summed E-state index contributed by atoms with van der Waals surface area (Å²) >= 11 is -0.0512. The molecule has 0 radical (unpaired) electrons. The zero-order valence-corrected chi connectivity index (χ0v) is 16.0. The topological polar surface area (TPSA) is 37.3 Å². The van der Waals surface area contributed by atoms with Gasteiger partial charge in [-0.05, 0) is 0 Å². The average molecular weight is 393 g/mol. The van der Waals surface area contributed by atoms with Gasteiger partial charge < -0.3 is 0 Å². The fourth-order valence-corrected chi connectivity index (χ4v) is 5.94. The molecule has 2 aromatic rings. The van der Waals surface area contributed by atoms with E-state index in [1.54, 1.807) is 5.41 Å². The van der Waals surface area contributed by atoms with Crippen LogP contribution in [0.15, 0.2) is 75.4 Å². The third kappa shape index (κ3) is 5.43. The summed E-state index contributed by atoms with van der Waals surface area (Å²) in [4.78, 5) is 0.765. The van der Waals surface area contributed by atoms with E-state index in [4.69, 9.17) is 0 Å². The monoisotopic (exact) mass is 394 g/mol. The van der Waals surface area contributed by atoms with E-state index in [0.717, 1.165) is 15.8 Å². The summed E-state index contributed by atoms with van der Waals surface area (Å²) in [5, 5.41) is 12.6. The van der Waals surface area contributed by atoms with E-state index in [2.05, 4.69) is 19.1 Å². The van der Waals surface area contributed by atoms with Gasteiger partial charge in [-0.2, -0.15) is 0 Å². The Kier molecular flexibility index (Phi) is 6.79. The molecule has 0 bridgehead atoms. The fourth-order valence-electron chi connectivity index (χ4n) is 2.21. The Morgan fingerprint density at radius 2 is 1.70 bits per heavy atom. The number of benzene rings is 2. The predicted octanol–water partition coefficient (Wildman–Crippen LogP) is 3.22. The van der Waals surface area contributed by atoms with Crippen LogP contribution in [0.4, 0.5) is 0 Å².